The predicted molar refractivity (Wildman–Crippen MR) is 118 cm³/mol. The minimum absolute atomic E-state index is 0.0579. The standard InChI is InChI=1S/C27H40O3/c1-26-15-13-20(28)17-19(26)8-9-21-22-10-11-24(27(22,2)16-14-23(21)26)30-25(29)12-7-18-5-3-4-6-18/h17-18,21-24H,3-16H2,1-2H3/t21-,22-,23-,24+,26+,27-/m1/s1. The van der Waals surface area contributed by atoms with E-state index >= 15 is 0 Å². The van der Waals surface area contributed by atoms with E-state index in [1.54, 1.807) is 0 Å². The highest BCUT2D eigenvalue weighted by Crippen LogP contribution is 2.65. The van der Waals surface area contributed by atoms with E-state index in [4.69, 9.17) is 4.74 Å². The molecule has 0 bridgehead atoms. The van der Waals surface area contributed by atoms with Gasteiger partial charge in [-0.05, 0) is 86.5 Å². The second-order valence-electron chi connectivity index (χ2n) is 11.8. The average Bonchev–Trinajstić information content (AvgIpc) is 3.35. The van der Waals surface area contributed by atoms with E-state index in [9.17, 15) is 9.59 Å². The normalized spacial score (nSPS) is 43.5. The molecule has 5 aliphatic rings. The zero-order valence-electron chi connectivity index (χ0n) is 19.1. The van der Waals surface area contributed by atoms with Crippen molar-refractivity contribution in [2.75, 3.05) is 0 Å². The number of rotatable bonds is 4. The number of allylic oxidation sites excluding steroid dienone is 1. The fourth-order valence-electron chi connectivity index (χ4n) is 8.54. The first kappa shape index (κ1) is 20.8. The van der Waals surface area contributed by atoms with Gasteiger partial charge in [-0.25, -0.2) is 0 Å². The summed E-state index contributed by atoms with van der Waals surface area (Å²) in [5.41, 5.74) is 1.83. The van der Waals surface area contributed by atoms with Crippen LogP contribution in [0.15, 0.2) is 11.6 Å². The molecule has 30 heavy (non-hydrogen) atoms. The van der Waals surface area contributed by atoms with E-state index in [1.165, 1.54) is 56.9 Å². The van der Waals surface area contributed by atoms with Gasteiger partial charge in [0.05, 0.1) is 0 Å². The average molecular weight is 413 g/mol. The molecular weight excluding hydrogens is 372 g/mol. The number of hydrogen-bond donors (Lipinski definition) is 0. The summed E-state index contributed by atoms with van der Waals surface area (Å²) in [6.07, 6.45) is 17.8. The van der Waals surface area contributed by atoms with E-state index in [2.05, 4.69) is 13.8 Å². The fourth-order valence-corrected chi connectivity index (χ4v) is 8.54. The number of esters is 1. The Hall–Kier alpha value is -1.12. The lowest BCUT2D eigenvalue weighted by atomic mass is 9.47. The van der Waals surface area contributed by atoms with Crippen LogP contribution in [0.3, 0.4) is 0 Å². The Morgan fingerprint density at radius 1 is 1.00 bits per heavy atom. The molecule has 0 unspecified atom stereocenters. The lowest BCUT2D eigenvalue weighted by molar-refractivity contribution is -0.160. The summed E-state index contributed by atoms with van der Waals surface area (Å²) >= 11 is 0. The Bertz CT molecular complexity index is 732. The summed E-state index contributed by atoms with van der Waals surface area (Å²) in [7, 11) is 0. The highest BCUT2D eigenvalue weighted by Gasteiger charge is 2.59. The highest BCUT2D eigenvalue weighted by molar-refractivity contribution is 5.91. The summed E-state index contributed by atoms with van der Waals surface area (Å²) in [6.45, 7) is 4.87. The highest BCUT2D eigenvalue weighted by atomic mass is 16.5. The molecule has 0 aromatic heterocycles. The number of ketones is 1. The van der Waals surface area contributed by atoms with Crippen LogP contribution in [0.25, 0.3) is 0 Å². The van der Waals surface area contributed by atoms with Crippen molar-refractivity contribution in [3.05, 3.63) is 11.6 Å². The summed E-state index contributed by atoms with van der Waals surface area (Å²) in [6, 6.07) is 0. The Labute approximate surface area is 182 Å². The van der Waals surface area contributed by atoms with Gasteiger partial charge in [0.1, 0.15) is 6.10 Å². The maximum atomic E-state index is 12.7. The van der Waals surface area contributed by atoms with Crippen LogP contribution in [0, 0.1) is 34.5 Å². The van der Waals surface area contributed by atoms with Crippen LogP contribution in [0.1, 0.15) is 104 Å². The first-order valence-corrected chi connectivity index (χ1v) is 12.8. The van der Waals surface area contributed by atoms with Gasteiger partial charge in [0.2, 0.25) is 0 Å². The lowest BCUT2D eigenvalue weighted by Gasteiger charge is -2.57. The number of ether oxygens (including phenoxy) is 1. The molecule has 0 aliphatic heterocycles. The lowest BCUT2D eigenvalue weighted by Crippen LogP contribution is -2.51. The molecule has 0 spiro atoms. The molecule has 5 aliphatic carbocycles. The zero-order valence-corrected chi connectivity index (χ0v) is 19.1. The number of carbonyl (C=O) groups is 2. The minimum Gasteiger partial charge on any atom is -0.462 e. The smallest absolute Gasteiger partial charge is 0.306 e. The van der Waals surface area contributed by atoms with Crippen molar-refractivity contribution in [3.8, 4) is 0 Å². The van der Waals surface area contributed by atoms with Gasteiger partial charge in [0.15, 0.2) is 5.78 Å². The molecule has 5 rings (SSSR count). The molecule has 0 heterocycles. The molecule has 0 aromatic rings. The van der Waals surface area contributed by atoms with Gasteiger partial charge in [0.25, 0.3) is 0 Å². The van der Waals surface area contributed by atoms with Crippen molar-refractivity contribution in [2.24, 2.45) is 34.5 Å². The Morgan fingerprint density at radius 2 is 1.80 bits per heavy atom. The Kier molecular flexibility index (Phi) is 5.39. The van der Waals surface area contributed by atoms with Crippen molar-refractivity contribution >= 4 is 11.8 Å². The molecule has 3 nitrogen and oxygen atoms in total. The van der Waals surface area contributed by atoms with Gasteiger partial charge in [-0.2, -0.15) is 0 Å². The largest absolute Gasteiger partial charge is 0.462 e. The molecule has 0 saturated heterocycles. The van der Waals surface area contributed by atoms with Crippen LogP contribution < -0.4 is 0 Å². The second-order valence-corrected chi connectivity index (χ2v) is 11.8. The first-order valence-electron chi connectivity index (χ1n) is 12.8. The number of carbonyl (C=O) groups excluding carboxylic acids is 2. The van der Waals surface area contributed by atoms with Gasteiger partial charge >= 0.3 is 5.97 Å². The summed E-state index contributed by atoms with van der Waals surface area (Å²) in [4.78, 5) is 24.7. The molecule has 6 atom stereocenters. The van der Waals surface area contributed by atoms with E-state index in [0.717, 1.165) is 43.9 Å². The van der Waals surface area contributed by atoms with Gasteiger partial charge in [-0.15, -0.1) is 0 Å². The van der Waals surface area contributed by atoms with E-state index < -0.39 is 0 Å². The Balaban J connectivity index is 1.25. The van der Waals surface area contributed by atoms with Gasteiger partial charge < -0.3 is 4.74 Å². The van der Waals surface area contributed by atoms with Crippen molar-refractivity contribution < 1.29 is 14.3 Å². The van der Waals surface area contributed by atoms with Crippen LogP contribution in [0.2, 0.25) is 0 Å². The predicted octanol–water partition coefficient (Wildman–Crippen LogP) is 6.40. The number of hydrogen-bond acceptors (Lipinski definition) is 3. The SMILES string of the molecule is C[C@@]12CC[C@@H]3[C@H](CCC4=CC(=O)CC[C@@]43C)[C@H]1CC[C@@H]2OC(=O)CCC1CCCC1. The van der Waals surface area contributed by atoms with Crippen LogP contribution >= 0.6 is 0 Å². The van der Waals surface area contributed by atoms with Crippen molar-refractivity contribution in [2.45, 2.75) is 110 Å². The summed E-state index contributed by atoms with van der Waals surface area (Å²) < 4.78 is 6.17. The molecule has 166 valence electrons. The molecule has 0 N–H and O–H groups in total. The maximum absolute atomic E-state index is 12.7. The summed E-state index contributed by atoms with van der Waals surface area (Å²) in [5.74, 6) is 3.28. The molecule has 4 fully saturated rings. The van der Waals surface area contributed by atoms with Crippen molar-refractivity contribution in [3.63, 3.8) is 0 Å². The number of fused-ring (bicyclic) bond motifs is 5. The van der Waals surface area contributed by atoms with E-state index in [1.807, 2.05) is 6.08 Å². The third-order valence-electron chi connectivity index (χ3n) is 10.4. The van der Waals surface area contributed by atoms with Gasteiger partial charge in [0, 0.05) is 18.3 Å². The summed E-state index contributed by atoms with van der Waals surface area (Å²) in [5, 5.41) is 0. The van der Waals surface area contributed by atoms with E-state index in [0.29, 0.717) is 24.0 Å². The third kappa shape index (κ3) is 3.39. The molecule has 0 aromatic carbocycles. The zero-order chi connectivity index (χ0) is 20.9. The molecule has 0 radical (unpaired) electrons. The quantitative estimate of drug-likeness (QED) is 0.502. The molecule has 3 heteroatoms. The van der Waals surface area contributed by atoms with E-state index in [-0.39, 0.29) is 22.9 Å². The van der Waals surface area contributed by atoms with Crippen molar-refractivity contribution in [1.82, 2.24) is 0 Å². The maximum Gasteiger partial charge on any atom is 0.306 e. The molecule has 4 saturated carbocycles. The van der Waals surface area contributed by atoms with Crippen molar-refractivity contribution in [1.29, 1.82) is 0 Å². The minimum atomic E-state index is 0.0579. The Morgan fingerprint density at radius 3 is 2.60 bits per heavy atom. The van der Waals surface area contributed by atoms with Crippen LogP contribution in [0.4, 0.5) is 0 Å². The molecular formula is C27H40O3. The van der Waals surface area contributed by atoms with Gasteiger partial charge in [-0.3, -0.25) is 9.59 Å². The van der Waals surface area contributed by atoms with Crippen LogP contribution in [0.5, 0.6) is 0 Å². The monoisotopic (exact) mass is 412 g/mol. The second kappa shape index (κ2) is 7.78. The fraction of sp³-hybridized carbons (Fsp3) is 0.852. The van der Waals surface area contributed by atoms with Crippen LogP contribution in [-0.2, 0) is 14.3 Å². The first-order chi connectivity index (χ1) is 14.4. The molecule has 0 amide bonds. The van der Waals surface area contributed by atoms with Crippen LogP contribution in [-0.4, -0.2) is 17.9 Å². The van der Waals surface area contributed by atoms with Gasteiger partial charge in [-0.1, -0.05) is 45.1 Å². The topological polar surface area (TPSA) is 43.4 Å². The third-order valence-corrected chi connectivity index (χ3v) is 10.4.